The average Bonchev–Trinajstić information content (AvgIpc) is 2.84. The van der Waals surface area contributed by atoms with Gasteiger partial charge in [0.25, 0.3) is 0 Å². The number of carbonyl (C=O) groups is 1. The minimum Gasteiger partial charge on any atom is -0.337 e. The number of fused-ring (bicyclic) bond motifs is 1. The number of benzene rings is 3. The molecule has 35 heavy (non-hydrogen) atoms. The van der Waals surface area contributed by atoms with Gasteiger partial charge < -0.3 is 15.5 Å². The van der Waals surface area contributed by atoms with Crippen LogP contribution in [-0.4, -0.2) is 41.4 Å². The molecule has 0 radical (unpaired) electrons. The molecule has 0 saturated heterocycles. The van der Waals surface area contributed by atoms with Crippen LogP contribution in [0.15, 0.2) is 73.1 Å². The highest BCUT2D eigenvalue weighted by molar-refractivity contribution is 6.31. The highest BCUT2D eigenvalue weighted by Crippen LogP contribution is 2.39. The molecule has 3 aromatic carbocycles. The van der Waals surface area contributed by atoms with Crippen LogP contribution in [0.1, 0.15) is 0 Å². The van der Waals surface area contributed by atoms with Crippen molar-refractivity contribution in [3.8, 4) is 11.1 Å². The van der Waals surface area contributed by atoms with Crippen molar-refractivity contribution < 1.29 is 13.6 Å². The molecule has 0 aliphatic carbocycles. The van der Waals surface area contributed by atoms with Crippen LogP contribution < -0.4 is 10.6 Å². The van der Waals surface area contributed by atoms with Crippen molar-refractivity contribution >= 4 is 45.6 Å². The highest BCUT2D eigenvalue weighted by atomic mass is 35.5. The van der Waals surface area contributed by atoms with Gasteiger partial charge in [-0.25, -0.2) is 18.7 Å². The molecule has 9 heteroatoms. The zero-order valence-corrected chi connectivity index (χ0v) is 19.8. The summed E-state index contributed by atoms with van der Waals surface area (Å²) in [6.45, 7) is 0.615. The number of nitrogens with zero attached hydrogens (tertiary/aromatic N) is 3. The fourth-order valence-corrected chi connectivity index (χ4v) is 3.72. The number of halogens is 3. The van der Waals surface area contributed by atoms with Gasteiger partial charge in [-0.1, -0.05) is 48.0 Å². The number of nitrogens with one attached hydrogen (secondary N) is 2. The van der Waals surface area contributed by atoms with Crippen molar-refractivity contribution in [3.05, 3.63) is 89.7 Å². The summed E-state index contributed by atoms with van der Waals surface area (Å²) in [5.41, 5.74) is 2.49. The molecule has 4 aromatic rings. The monoisotopic (exact) mass is 493 g/mol. The molecule has 1 aromatic heterocycles. The van der Waals surface area contributed by atoms with Crippen molar-refractivity contribution in [2.24, 2.45) is 0 Å². The Morgan fingerprint density at radius 1 is 1.03 bits per heavy atom. The predicted octanol–water partition coefficient (Wildman–Crippen LogP) is 6.03. The van der Waals surface area contributed by atoms with Gasteiger partial charge in [-0.3, -0.25) is 4.79 Å². The summed E-state index contributed by atoms with van der Waals surface area (Å²) in [6, 6.07) is 15.2. The Labute approximate surface area is 206 Å². The van der Waals surface area contributed by atoms with Crippen LogP contribution in [0.2, 0.25) is 5.02 Å². The largest absolute Gasteiger partial charge is 0.337 e. The van der Waals surface area contributed by atoms with Gasteiger partial charge in [0.1, 0.15) is 23.0 Å². The molecule has 1 heterocycles. The van der Waals surface area contributed by atoms with E-state index in [9.17, 15) is 13.6 Å². The van der Waals surface area contributed by atoms with E-state index in [2.05, 4.69) is 20.6 Å². The maximum absolute atomic E-state index is 14.7. The lowest BCUT2D eigenvalue weighted by Gasteiger charge is -2.17. The van der Waals surface area contributed by atoms with E-state index in [4.69, 9.17) is 11.6 Å². The number of carbonyl (C=O) groups excluding carboxylic acids is 1. The van der Waals surface area contributed by atoms with Gasteiger partial charge in [0.2, 0.25) is 5.91 Å². The van der Waals surface area contributed by atoms with E-state index in [1.165, 1.54) is 18.5 Å². The van der Waals surface area contributed by atoms with Crippen molar-refractivity contribution in [1.29, 1.82) is 0 Å². The lowest BCUT2D eigenvalue weighted by molar-refractivity contribution is -0.111. The third-order valence-corrected chi connectivity index (χ3v) is 5.50. The van der Waals surface area contributed by atoms with Gasteiger partial charge in [0.05, 0.1) is 16.6 Å². The minimum absolute atomic E-state index is 0.0449. The van der Waals surface area contributed by atoms with Crippen LogP contribution in [0.25, 0.3) is 22.0 Å². The summed E-state index contributed by atoms with van der Waals surface area (Å²) in [4.78, 5) is 23.2. The quantitative estimate of drug-likeness (QED) is 0.243. The van der Waals surface area contributed by atoms with E-state index in [1.807, 2.05) is 49.3 Å². The third kappa shape index (κ3) is 5.45. The van der Waals surface area contributed by atoms with Crippen LogP contribution in [0, 0.1) is 11.6 Å². The summed E-state index contributed by atoms with van der Waals surface area (Å²) in [5.74, 6) is -1.82. The summed E-state index contributed by atoms with van der Waals surface area (Å²) < 4.78 is 28.3. The normalized spacial score (nSPS) is 11.4. The first-order valence-corrected chi connectivity index (χ1v) is 11.1. The van der Waals surface area contributed by atoms with Gasteiger partial charge in [-0.2, -0.15) is 0 Å². The molecule has 0 unspecified atom stereocenters. The SMILES string of the molecule is CN(C)C/C=C/C(=O)Nc1ccc2ncnc(Nc3ccc(F)c(Cl)c3F)c2c1-c1ccccc1. The first-order chi connectivity index (χ1) is 16.8. The smallest absolute Gasteiger partial charge is 0.248 e. The molecule has 2 N–H and O–H groups in total. The Balaban J connectivity index is 1.85. The zero-order valence-electron chi connectivity index (χ0n) is 19.0. The van der Waals surface area contributed by atoms with Crippen molar-refractivity contribution in [2.45, 2.75) is 0 Å². The maximum Gasteiger partial charge on any atom is 0.248 e. The number of hydrogen-bond donors (Lipinski definition) is 2. The van der Waals surface area contributed by atoms with E-state index >= 15 is 0 Å². The van der Waals surface area contributed by atoms with E-state index < -0.39 is 16.7 Å². The van der Waals surface area contributed by atoms with Crippen LogP contribution >= 0.6 is 11.6 Å². The number of rotatable bonds is 7. The van der Waals surface area contributed by atoms with Crippen molar-refractivity contribution in [3.63, 3.8) is 0 Å². The average molecular weight is 494 g/mol. The lowest BCUT2D eigenvalue weighted by atomic mass is 9.98. The van der Waals surface area contributed by atoms with E-state index in [0.717, 1.165) is 11.6 Å². The highest BCUT2D eigenvalue weighted by Gasteiger charge is 2.18. The van der Waals surface area contributed by atoms with Gasteiger partial charge >= 0.3 is 0 Å². The first-order valence-electron chi connectivity index (χ1n) is 10.7. The van der Waals surface area contributed by atoms with E-state index in [-0.39, 0.29) is 17.4 Å². The Hall–Kier alpha value is -3.88. The summed E-state index contributed by atoms with van der Waals surface area (Å²) in [6.07, 6.45) is 4.57. The second kappa shape index (κ2) is 10.6. The fourth-order valence-electron chi connectivity index (χ4n) is 3.55. The molecular formula is C26H22ClF2N5O. The summed E-state index contributed by atoms with van der Waals surface area (Å²) in [7, 11) is 3.81. The molecule has 0 atom stereocenters. The van der Waals surface area contributed by atoms with E-state index in [1.54, 1.807) is 18.2 Å². The van der Waals surface area contributed by atoms with Crippen molar-refractivity contribution in [2.75, 3.05) is 31.3 Å². The van der Waals surface area contributed by atoms with Crippen LogP contribution in [0.3, 0.4) is 0 Å². The number of hydrogen-bond acceptors (Lipinski definition) is 5. The molecule has 0 aliphatic heterocycles. The molecule has 6 nitrogen and oxygen atoms in total. The Kier molecular flexibility index (Phi) is 7.33. The van der Waals surface area contributed by atoms with Crippen LogP contribution in [0.4, 0.5) is 26.0 Å². The Morgan fingerprint density at radius 3 is 2.51 bits per heavy atom. The van der Waals surface area contributed by atoms with Gasteiger partial charge in [0.15, 0.2) is 5.82 Å². The molecule has 0 aliphatic rings. The van der Waals surface area contributed by atoms with Gasteiger partial charge in [-0.05, 0) is 43.9 Å². The summed E-state index contributed by atoms with van der Waals surface area (Å²) in [5, 5.41) is 5.77. The Morgan fingerprint density at radius 2 is 1.77 bits per heavy atom. The second-order valence-corrected chi connectivity index (χ2v) is 8.35. The second-order valence-electron chi connectivity index (χ2n) is 7.97. The summed E-state index contributed by atoms with van der Waals surface area (Å²) >= 11 is 5.76. The van der Waals surface area contributed by atoms with Gasteiger partial charge in [0, 0.05) is 23.9 Å². The molecular weight excluding hydrogens is 472 g/mol. The number of likely N-dealkylation sites (N-methyl/N-ethyl adjacent to an activating group) is 1. The maximum atomic E-state index is 14.7. The molecule has 0 fully saturated rings. The standard InChI is InChI=1S/C26H22ClF2N5O/c1-34(2)14-6-9-21(35)32-19-13-12-18-23(22(19)16-7-4-3-5-8-16)26(31-15-30-18)33-20-11-10-17(28)24(27)25(20)29/h3-13,15H,14H2,1-2H3,(H,32,35)(H,30,31,33)/b9-6+. The minimum atomic E-state index is -0.935. The topological polar surface area (TPSA) is 70.2 Å². The molecule has 0 saturated carbocycles. The van der Waals surface area contributed by atoms with Crippen LogP contribution in [0.5, 0.6) is 0 Å². The first kappa shape index (κ1) is 24.3. The third-order valence-electron chi connectivity index (χ3n) is 5.15. The molecule has 178 valence electrons. The zero-order chi connectivity index (χ0) is 24.9. The predicted molar refractivity (Wildman–Crippen MR) is 136 cm³/mol. The molecule has 4 rings (SSSR count). The molecule has 0 spiro atoms. The Bertz CT molecular complexity index is 1410. The number of anilines is 3. The van der Waals surface area contributed by atoms with Gasteiger partial charge in [-0.15, -0.1) is 0 Å². The number of amides is 1. The van der Waals surface area contributed by atoms with E-state index in [0.29, 0.717) is 28.7 Å². The van der Waals surface area contributed by atoms with Crippen LogP contribution in [-0.2, 0) is 4.79 Å². The number of aromatic nitrogens is 2. The van der Waals surface area contributed by atoms with Crippen molar-refractivity contribution in [1.82, 2.24) is 14.9 Å². The molecule has 0 bridgehead atoms. The molecule has 1 amide bonds. The lowest BCUT2D eigenvalue weighted by Crippen LogP contribution is -2.13. The fraction of sp³-hybridized carbons (Fsp3) is 0.115.